The lowest BCUT2D eigenvalue weighted by Gasteiger charge is -2.24. The maximum Gasteiger partial charge on any atom is 0.228 e. The summed E-state index contributed by atoms with van der Waals surface area (Å²) < 4.78 is 5.23. The Labute approximate surface area is 108 Å². The Morgan fingerprint density at radius 3 is 2.94 bits per heavy atom. The molecule has 0 amide bonds. The predicted octanol–water partition coefficient (Wildman–Crippen LogP) is 1.12. The summed E-state index contributed by atoms with van der Waals surface area (Å²) in [4.78, 5) is 11.3. The van der Waals surface area contributed by atoms with Gasteiger partial charge in [0.15, 0.2) is 0 Å². The van der Waals surface area contributed by atoms with Crippen LogP contribution in [0.5, 0.6) is 5.88 Å². The summed E-state index contributed by atoms with van der Waals surface area (Å²) in [5, 5.41) is 3.67. The molecular formula is C13H20N4O. The second-order valence-electron chi connectivity index (χ2n) is 5.22. The third-order valence-electron chi connectivity index (χ3n) is 3.83. The van der Waals surface area contributed by atoms with Gasteiger partial charge in [-0.15, -0.1) is 0 Å². The average Bonchev–Trinajstić information content (AvgIpc) is 2.68. The van der Waals surface area contributed by atoms with Gasteiger partial charge >= 0.3 is 0 Å². The van der Waals surface area contributed by atoms with E-state index in [4.69, 9.17) is 4.74 Å². The number of aryl methyl sites for hydroxylation is 1. The van der Waals surface area contributed by atoms with Crippen molar-refractivity contribution in [3.05, 3.63) is 11.8 Å². The van der Waals surface area contributed by atoms with Crippen LogP contribution in [0.2, 0.25) is 0 Å². The van der Waals surface area contributed by atoms with Gasteiger partial charge in [-0.3, -0.25) is 0 Å². The van der Waals surface area contributed by atoms with E-state index in [1.54, 1.807) is 7.11 Å². The molecule has 0 spiro atoms. The van der Waals surface area contributed by atoms with Gasteiger partial charge in [-0.25, -0.2) is 4.98 Å². The van der Waals surface area contributed by atoms with Gasteiger partial charge in [-0.1, -0.05) is 0 Å². The molecule has 0 aliphatic carbocycles. The second-order valence-corrected chi connectivity index (χ2v) is 5.22. The first-order valence-electron chi connectivity index (χ1n) is 6.65. The Kier molecular flexibility index (Phi) is 3.07. The van der Waals surface area contributed by atoms with Crippen molar-refractivity contribution in [3.8, 4) is 5.88 Å². The van der Waals surface area contributed by atoms with E-state index in [0.29, 0.717) is 18.0 Å². The van der Waals surface area contributed by atoms with Crippen LogP contribution in [0.25, 0.3) is 0 Å². The van der Waals surface area contributed by atoms with Crippen LogP contribution < -0.4 is 15.0 Å². The van der Waals surface area contributed by atoms with Gasteiger partial charge in [0.2, 0.25) is 11.8 Å². The number of hydrogen-bond acceptors (Lipinski definition) is 5. The van der Waals surface area contributed by atoms with Crippen molar-refractivity contribution in [2.24, 2.45) is 0 Å². The maximum absolute atomic E-state index is 5.23. The molecule has 98 valence electrons. The number of methoxy groups -OCH3 is 1. The van der Waals surface area contributed by atoms with Crippen molar-refractivity contribution in [2.75, 3.05) is 25.1 Å². The van der Waals surface area contributed by atoms with Crippen LogP contribution in [0.3, 0.4) is 0 Å². The Balaban J connectivity index is 1.83. The molecule has 2 aliphatic heterocycles. The number of aromatic nitrogens is 2. The minimum Gasteiger partial charge on any atom is -0.481 e. The molecule has 2 atom stereocenters. The van der Waals surface area contributed by atoms with Gasteiger partial charge in [0, 0.05) is 36.9 Å². The standard InChI is InChI=1S/C13H20N4O/c1-9-7-12(18-2)16-13(14-9)17-6-5-10-3-4-11(8-17)15-10/h7,10-11,15H,3-6,8H2,1-2H3. The highest BCUT2D eigenvalue weighted by molar-refractivity contribution is 5.35. The number of anilines is 1. The minimum atomic E-state index is 0.590. The fourth-order valence-corrected chi connectivity index (χ4v) is 2.90. The fraction of sp³-hybridized carbons (Fsp3) is 0.692. The summed E-state index contributed by atoms with van der Waals surface area (Å²) >= 11 is 0. The first-order valence-corrected chi connectivity index (χ1v) is 6.65. The molecule has 18 heavy (non-hydrogen) atoms. The van der Waals surface area contributed by atoms with E-state index < -0.39 is 0 Å². The van der Waals surface area contributed by atoms with E-state index in [1.165, 1.54) is 19.3 Å². The van der Waals surface area contributed by atoms with Gasteiger partial charge in [-0.05, 0) is 26.2 Å². The van der Waals surface area contributed by atoms with Crippen molar-refractivity contribution in [3.63, 3.8) is 0 Å². The molecule has 2 aliphatic rings. The third-order valence-corrected chi connectivity index (χ3v) is 3.83. The second kappa shape index (κ2) is 4.72. The van der Waals surface area contributed by atoms with Crippen LogP contribution >= 0.6 is 0 Å². The molecule has 0 radical (unpaired) electrons. The summed E-state index contributed by atoms with van der Waals surface area (Å²) in [6.07, 6.45) is 3.76. The molecule has 0 saturated carbocycles. The zero-order valence-corrected chi connectivity index (χ0v) is 11.0. The molecule has 5 nitrogen and oxygen atoms in total. The lowest BCUT2D eigenvalue weighted by atomic mass is 10.1. The van der Waals surface area contributed by atoms with Crippen LogP contribution in [0, 0.1) is 6.92 Å². The van der Waals surface area contributed by atoms with Crippen molar-refractivity contribution in [1.29, 1.82) is 0 Å². The number of ether oxygens (including phenoxy) is 1. The third kappa shape index (κ3) is 2.27. The van der Waals surface area contributed by atoms with Crippen LogP contribution in [0.15, 0.2) is 6.07 Å². The topological polar surface area (TPSA) is 50.3 Å². The fourth-order valence-electron chi connectivity index (χ4n) is 2.90. The molecule has 2 fully saturated rings. The Bertz CT molecular complexity index is 437. The molecule has 3 heterocycles. The van der Waals surface area contributed by atoms with Crippen LogP contribution in [-0.2, 0) is 0 Å². The van der Waals surface area contributed by atoms with Crippen LogP contribution in [-0.4, -0.2) is 42.3 Å². The van der Waals surface area contributed by atoms with Gasteiger partial charge in [0.05, 0.1) is 7.11 Å². The highest BCUT2D eigenvalue weighted by Gasteiger charge is 2.30. The first-order chi connectivity index (χ1) is 8.74. The van der Waals surface area contributed by atoms with Crippen molar-refractivity contribution >= 4 is 5.95 Å². The lowest BCUT2D eigenvalue weighted by molar-refractivity contribution is 0.396. The maximum atomic E-state index is 5.23. The highest BCUT2D eigenvalue weighted by Crippen LogP contribution is 2.23. The number of hydrogen-bond donors (Lipinski definition) is 1. The number of nitrogens with zero attached hydrogens (tertiary/aromatic N) is 3. The Hall–Kier alpha value is -1.36. The zero-order chi connectivity index (χ0) is 12.5. The molecule has 2 bridgehead atoms. The van der Waals surface area contributed by atoms with Crippen LogP contribution in [0.1, 0.15) is 25.0 Å². The normalized spacial score (nSPS) is 27.1. The summed E-state index contributed by atoms with van der Waals surface area (Å²) in [5.74, 6) is 1.46. The molecule has 1 aromatic heterocycles. The monoisotopic (exact) mass is 248 g/mol. The van der Waals surface area contributed by atoms with E-state index in [0.717, 1.165) is 24.7 Å². The van der Waals surface area contributed by atoms with Gasteiger partial charge in [0.25, 0.3) is 0 Å². The quantitative estimate of drug-likeness (QED) is 0.850. The molecular weight excluding hydrogens is 228 g/mol. The van der Waals surface area contributed by atoms with E-state index in [-0.39, 0.29) is 0 Å². The van der Waals surface area contributed by atoms with Crippen molar-refractivity contribution in [1.82, 2.24) is 15.3 Å². The largest absolute Gasteiger partial charge is 0.481 e. The summed E-state index contributed by atoms with van der Waals surface area (Å²) in [5.41, 5.74) is 0.958. The van der Waals surface area contributed by atoms with E-state index in [2.05, 4.69) is 20.2 Å². The molecule has 1 N–H and O–H groups in total. The van der Waals surface area contributed by atoms with E-state index >= 15 is 0 Å². The molecule has 2 saturated heterocycles. The van der Waals surface area contributed by atoms with Gasteiger partial charge < -0.3 is 15.0 Å². The molecule has 5 heteroatoms. The van der Waals surface area contributed by atoms with Crippen molar-refractivity contribution < 1.29 is 4.74 Å². The zero-order valence-electron chi connectivity index (χ0n) is 11.0. The Morgan fingerprint density at radius 2 is 2.11 bits per heavy atom. The van der Waals surface area contributed by atoms with E-state index in [9.17, 15) is 0 Å². The summed E-state index contributed by atoms with van der Waals surface area (Å²) in [6, 6.07) is 3.14. The van der Waals surface area contributed by atoms with Gasteiger partial charge in [0.1, 0.15) is 0 Å². The lowest BCUT2D eigenvalue weighted by Crippen LogP contribution is -2.36. The predicted molar refractivity (Wildman–Crippen MR) is 70.1 cm³/mol. The summed E-state index contributed by atoms with van der Waals surface area (Å²) in [7, 11) is 1.65. The molecule has 0 aromatic carbocycles. The average molecular weight is 248 g/mol. The first kappa shape index (κ1) is 11.7. The minimum absolute atomic E-state index is 0.590. The summed E-state index contributed by atoms with van der Waals surface area (Å²) in [6.45, 7) is 4.01. The van der Waals surface area contributed by atoms with Crippen molar-refractivity contribution in [2.45, 2.75) is 38.3 Å². The number of nitrogens with one attached hydrogen (secondary N) is 1. The Morgan fingerprint density at radius 1 is 1.28 bits per heavy atom. The van der Waals surface area contributed by atoms with Crippen LogP contribution in [0.4, 0.5) is 5.95 Å². The highest BCUT2D eigenvalue weighted by atomic mass is 16.5. The number of rotatable bonds is 2. The van der Waals surface area contributed by atoms with E-state index in [1.807, 2.05) is 13.0 Å². The smallest absolute Gasteiger partial charge is 0.228 e. The molecule has 2 unspecified atom stereocenters. The molecule has 1 aromatic rings. The number of fused-ring (bicyclic) bond motifs is 2. The van der Waals surface area contributed by atoms with Gasteiger partial charge in [-0.2, -0.15) is 4.98 Å². The SMILES string of the molecule is COc1cc(C)nc(N2CCC3CCC(C2)N3)n1. The molecule has 3 rings (SSSR count).